The fraction of sp³-hybridized carbons (Fsp3) is 0.389. The van der Waals surface area contributed by atoms with Gasteiger partial charge in [-0.2, -0.15) is 0 Å². The molecule has 0 aliphatic carbocycles. The topological polar surface area (TPSA) is 53.6 Å². The van der Waals surface area contributed by atoms with Crippen LogP contribution in [0, 0.1) is 0 Å². The minimum Gasteiger partial charge on any atom is -0.497 e. The highest BCUT2D eigenvalue weighted by atomic mass is 32.1. The summed E-state index contributed by atoms with van der Waals surface area (Å²) >= 11 is 1.71. The highest BCUT2D eigenvalue weighted by Gasteiger charge is 2.15. The van der Waals surface area contributed by atoms with Crippen molar-refractivity contribution in [1.82, 2.24) is 15.5 Å². The predicted octanol–water partition coefficient (Wildman–Crippen LogP) is 2.90. The number of nitrogens with zero attached hydrogens (tertiary/aromatic N) is 1. The van der Waals surface area contributed by atoms with Crippen LogP contribution in [0.2, 0.25) is 0 Å². The van der Waals surface area contributed by atoms with E-state index in [1.807, 2.05) is 49.8 Å². The number of hydrogen-bond donors (Lipinski definition) is 2. The molecule has 5 nitrogen and oxygen atoms in total. The predicted molar refractivity (Wildman–Crippen MR) is 98.8 cm³/mol. The molecule has 2 rings (SSSR count). The van der Waals surface area contributed by atoms with Crippen molar-refractivity contribution in [2.75, 3.05) is 34.3 Å². The molecule has 1 aromatic carbocycles. The zero-order valence-corrected chi connectivity index (χ0v) is 15.2. The first-order valence-electron chi connectivity index (χ1n) is 7.94. The lowest BCUT2D eigenvalue weighted by molar-refractivity contribution is 0.233. The zero-order valence-electron chi connectivity index (χ0n) is 14.4. The van der Waals surface area contributed by atoms with E-state index < -0.39 is 0 Å². The lowest BCUT2D eigenvalue weighted by atomic mass is 10.1. The zero-order chi connectivity index (χ0) is 17.4. The number of likely N-dealkylation sites (N-methyl/N-ethyl adjacent to an activating group) is 1. The van der Waals surface area contributed by atoms with Gasteiger partial charge in [0.2, 0.25) is 0 Å². The van der Waals surface area contributed by atoms with Crippen LogP contribution in [0.3, 0.4) is 0 Å². The SMILES string of the molecule is COc1cccc(C(CNC(=O)NCCc2cccs2)N(C)C)c1. The molecule has 0 aliphatic rings. The number of methoxy groups -OCH3 is 1. The molecule has 0 aliphatic heterocycles. The Morgan fingerprint density at radius 2 is 2.08 bits per heavy atom. The summed E-state index contributed by atoms with van der Waals surface area (Å²) in [5.41, 5.74) is 1.11. The van der Waals surface area contributed by atoms with Crippen molar-refractivity contribution < 1.29 is 9.53 Å². The van der Waals surface area contributed by atoms with Gasteiger partial charge in [0.25, 0.3) is 0 Å². The van der Waals surface area contributed by atoms with Crippen LogP contribution in [0.15, 0.2) is 41.8 Å². The normalized spacial score (nSPS) is 12.0. The van der Waals surface area contributed by atoms with Gasteiger partial charge in [-0.05, 0) is 49.7 Å². The maximum atomic E-state index is 12.0. The average molecular weight is 347 g/mol. The third-order valence-electron chi connectivity index (χ3n) is 3.79. The second-order valence-electron chi connectivity index (χ2n) is 5.72. The number of benzene rings is 1. The quantitative estimate of drug-likeness (QED) is 0.772. The second-order valence-corrected chi connectivity index (χ2v) is 6.75. The fourth-order valence-corrected chi connectivity index (χ4v) is 3.16. The van der Waals surface area contributed by atoms with Crippen LogP contribution in [0.4, 0.5) is 4.79 Å². The Kier molecular flexibility index (Phi) is 7.08. The summed E-state index contributed by atoms with van der Waals surface area (Å²) in [4.78, 5) is 15.4. The highest BCUT2D eigenvalue weighted by Crippen LogP contribution is 2.22. The van der Waals surface area contributed by atoms with Crippen LogP contribution in [-0.4, -0.2) is 45.2 Å². The minimum atomic E-state index is -0.138. The average Bonchev–Trinajstić information content (AvgIpc) is 3.08. The summed E-state index contributed by atoms with van der Waals surface area (Å²) in [6.45, 7) is 1.17. The van der Waals surface area contributed by atoms with Gasteiger partial charge in [0.05, 0.1) is 13.2 Å². The molecule has 0 saturated heterocycles. The molecule has 0 saturated carbocycles. The molecule has 1 atom stereocenters. The van der Waals surface area contributed by atoms with Crippen LogP contribution in [0.1, 0.15) is 16.5 Å². The van der Waals surface area contributed by atoms with Gasteiger partial charge < -0.3 is 20.3 Å². The molecule has 2 N–H and O–H groups in total. The molecular formula is C18H25N3O2S. The summed E-state index contributed by atoms with van der Waals surface area (Å²) in [5.74, 6) is 0.819. The fourth-order valence-electron chi connectivity index (χ4n) is 2.45. The van der Waals surface area contributed by atoms with Crippen LogP contribution in [0.5, 0.6) is 5.75 Å². The Morgan fingerprint density at radius 3 is 2.75 bits per heavy atom. The standard InChI is InChI=1S/C18H25N3O2S/c1-21(2)17(14-6-4-7-15(12-14)23-3)13-20-18(22)19-10-9-16-8-5-11-24-16/h4-8,11-12,17H,9-10,13H2,1-3H3,(H2,19,20,22). The number of ether oxygens (including phenoxy) is 1. The van der Waals surface area contributed by atoms with E-state index >= 15 is 0 Å². The summed E-state index contributed by atoms with van der Waals surface area (Å²) in [6.07, 6.45) is 0.859. The van der Waals surface area contributed by atoms with Gasteiger partial charge in [-0.25, -0.2) is 4.79 Å². The van der Waals surface area contributed by atoms with Gasteiger partial charge in [0.15, 0.2) is 0 Å². The van der Waals surface area contributed by atoms with E-state index in [-0.39, 0.29) is 12.1 Å². The van der Waals surface area contributed by atoms with Crippen LogP contribution in [-0.2, 0) is 6.42 Å². The van der Waals surface area contributed by atoms with E-state index in [1.54, 1.807) is 18.4 Å². The lowest BCUT2D eigenvalue weighted by Crippen LogP contribution is -2.41. The van der Waals surface area contributed by atoms with Crippen molar-refractivity contribution in [3.05, 3.63) is 52.2 Å². The van der Waals surface area contributed by atoms with Crippen molar-refractivity contribution >= 4 is 17.4 Å². The number of nitrogens with one attached hydrogen (secondary N) is 2. The van der Waals surface area contributed by atoms with Gasteiger partial charge in [-0.15, -0.1) is 11.3 Å². The minimum absolute atomic E-state index is 0.0862. The molecule has 2 aromatic rings. The molecule has 0 spiro atoms. The molecule has 1 unspecified atom stereocenters. The van der Waals surface area contributed by atoms with Crippen LogP contribution in [0.25, 0.3) is 0 Å². The van der Waals surface area contributed by atoms with E-state index in [2.05, 4.69) is 21.6 Å². The summed E-state index contributed by atoms with van der Waals surface area (Å²) in [6, 6.07) is 12.0. The van der Waals surface area contributed by atoms with Crippen LogP contribution >= 0.6 is 11.3 Å². The number of hydrogen-bond acceptors (Lipinski definition) is 4. The van der Waals surface area contributed by atoms with Crippen molar-refractivity contribution in [2.24, 2.45) is 0 Å². The summed E-state index contributed by atoms with van der Waals surface area (Å²) in [7, 11) is 5.66. The molecule has 24 heavy (non-hydrogen) atoms. The monoisotopic (exact) mass is 347 g/mol. The number of carbonyl (C=O) groups excluding carboxylic acids is 1. The molecule has 0 bridgehead atoms. The maximum absolute atomic E-state index is 12.0. The van der Waals surface area contributed by atoms with Crippen molar-refractivity contribution in [3.63, 3.8) is 0 Å². The number of amides is 2. The second kappa shape index (κ2) is 9.30. The summed E-state index contributed by atoms with van der Waals surface area (Å²) in [5, 5.41) is 7.90. The van der Waals surface area contributed by atoms with Crippen molar-refractivity contribution in [1.29, 1.82) is 0 Å². The third kappa shape index (κ3) is 5.54. The molecule has 1 aromatic heterocycles. The Morgan fingerprint density at radius 1 is 1.25 bits per heavy atom. The first-order chi connectivity index (χ1) is 11.6. The third-order valence-corrected chi connectivity index (χ3v) is 4.73. The smallest absolute Gasteiger partial charge is 0.314 e. The van der Waals surface area contributed by atoms with E-state index in [4.69, 9.17) is 4.74 Å². The number of rotatable bonds is 8. The van der Waals surface area contributed by atoms with Crippen molar-refractivity contribution in [3.8, 4) is 5.75 Å². The van der Waals surface area contributed by atoms with Gasteiger partial charge in [0.1, 0.15) is 5.75 Å². The van der Waals surface area contributed by atoms with E-state index in [0.717, 1.165) is 17.7 Å². The maximum Gasteiger partial charge on any atom is 0.314 e. The van der Waals surface area contributed by atoms with Crippen molar-refractivity contribution in [2.45, 2.75) is 12.5 Å². The molecule has 2 amide bonds. The van der Waals surface area contributed by atoms with Gasteiger partial charge in [-0.1, -0.05) is 18.2 Å². The molecule has 6 heteroatoms. The Balaban J connectivity index is 1.83. The largest absolute Gasteiger partial charge is 0.497 e. The molecular weight excluding hydrogens is 322 g/mol. The molecule has 0 fully saturated rings. The van der Waals surface area contributed by atoms with Gasteiger partial charge in [0, 0.05) is 18.0 Å². The molecule has 130 valence electrons. The Labute approximate surface area is 147 Å². The highest BCUT2D eigenvalue weighted by molar-refractivity contribution is 7.09. The van der Waals surface area contributed by atoms with E-state index in [9.17, 15) is 4.79 Å². The molecule has 1 heterocycles. The van der Waals surface area contributed by atoms with E-state index in [0.29, 0.717) is 13.1 Å². The Hall–Kier alpha value is -2.05. The summed E-state index contributed by atoms with van der Waals surface area (Å²) < 4.78 is 5.28. The first-order valence-corrected chi connectivity index (χ1v) is 8.82. The van der Waals surface area contributed by atoms with Gasteiger partial charge >= 0.3 is 6.03 Å². The number of thiophene rings is 1. The number of carbonyl (C=O) groups is 1. The Bertz CT molecular complexity index is 629. The first kappa shape index (κ1) is 18.3. The van der Waals surface area contributed by atoms with E-state index in [1.165, 1.54) is 4.88 Å². The number of urea groups is 1. The molecule has 0 radical (unpaired) electrons. The van der Waals surface area contributed by atoms with Gasteiger partial charge in [-0.3, -0.25) is 0 Å². The van der Waals surface area contributed by atoms with Crippen LogP contribution < -0.4 is 15.4 Å². The lowest BCUT2D eigenvalue weighted by Gasteiger charge is -2.25.